The minimum absolute atomic E-state index is 0.0307. The lowest BCUT2D eigenvalue weighted by molar-refractivity contribution is -0.378. The maximum Gasteiger partial charge on any atom is 0.311 e. The predicted molar refractivity (Wildman–Crippen MR) is 56.3 cm³/mol. The smallest absolute Gasteiger partial charge is 0.311 e. The summed E-state index contributed by atoms with van der Waals surface area (Å²) in [6.07, 6.45) is -4.14. The van der Waals surface area contributed by atoms with Crippen molar-refractivity contribution < 1.29 is 39.1 Å². The molecule has 1 unspecified atom stereocenters. The predicted octanol–water partition coefficient (Wildman–Crippen LogP) is -2.02. The molecular formula is C10H18O8. The first-order valence-corrected chi connectivity index (χ1v) is 5.43. The molecule has 1 aliphatic rings. The number of aliphatic hydroxyl groups excluding tert-OH is 2. The zero-order chi connectivity index (χ0) is 13.8. The van der Waals surface area contributed by atoms with E-state index in [-0.39, 0.29) is 19.8 Å². The second-order valence-corrected chi connectivity index (χ2v) is 3.87. The van der Waals surface area contributed by atoms with Crippen LogP contribution in [0.2, 0.25) is 0 Å². The zero-order valence-corrected chi connectivity index (χ0v) is 10.2. The van der Waals surface area contributed by atoms with Crippen LogP contribution in [0.1, 0.15) is 6.92 Å². The molecule has 1 rings (SSSR count). The number of carbonyl (C=O) groups excluding carboxylic acids is 1. The third-order valence-electron chi connectivity index (χ3n) is 2.45. The molecule has 1 aliphatic heterocycles. The van der Waals surface area contributed by atoms with E-state index in [0.29, 0.717) is 0 Å². The van der Waals surface area contributed by atoms with Crippen LogP contribution in [0.4, 0.5) is 0 Å². The highest BCUT2D eigenvalue weighted by Crippen LogP contribution is 2.30. The molecule has 0 spiro atoms. The maximum absolute atomic E-state index is 10.6. The number of hydrogen-bond acceptors (Lipinski definition) is 8. The molecule has 0 aromatic rings. The Morgan fingerprint density at radius 3 is 2.61 bits per heavy atom. The highest BCUT2D eigenvalue weighted by Gasteiger charge is 2.55. The van der Waals surface area contributed by atoms with E-state index < -0.39 is 30.3 Å². The molecule has 8 heteroatoms. The van der Waals surface area contributed by atoms with Gasteiger partial charge in [0.25, 0.3) is 0 Å². The Morgan fingerprint density at radius 2 is 2.06 bits per heavy atom. The lowest BCUT2D eigenvalue weighted by Crippen LogP contribution is -2.46. The van der Waals surface area contributed by atoms with Crippen LogP contribution < -0.4 is 0 Å². The van der Waals surface area contributed by atoms with Crippen LogP contribution in [0.25, 0.3) is 0 Å². The van der Waals surface area contributed by atoms with Crippen molar-refractivity contribution in [3.63, 3.8) is 0 Å². The van der Waals surface area contributed by atoms with Gasteiger partial charge in [-0.3, -0.25) is 4.79 Å². The molecule has 0 bridgehead atoms. The summed E-state index contributed by atoms with van der Waals surface area (Å²) in [6, 6.07) is 0. The monoisotopic (exact) mass is 266 g/mol. The van der Waals surface area contributed by atoms with E-state index in [1.165, 1.54) is 14.0 Å². The highest BCUT2D eigenvalue weighted by molar-refractivity contribution is 5.65. The summed E-state index contributed by atoms with van der Waals surface area (Å²) in [5, 5.41) is 29.1. The summed E-state index contributed by atoms with van der Waals surface area (Å²) < 4.78 is 19.2. The van der Waals surface area contributed by atoms with Crippen molar-refractivity contribution in [3.05, 3.63) is 0 Å². The maximum atomic E-state index is 10.6. The largest absolute Gasteiger partial charge is 0.463 e. The van der Waals surface area contributed by atoms with Gasteiger partial charge in [0.2, 0.25) is 0 Å². The van der Waals surface area contributed by atoms with Crippen LogP contribution in [0.15, 0.2) is 0 Å². The summed E-state index contributed by atoms with van der Waals surface area (Å²) in [5.41, 5.74) is 0. The third-order valence-corrected chi connectivity index (χ3v) is 2.45. The van der Waals surface area contributed by atoms with Gasteiger partial charge in [0.05, 0.1) is 13.2 Å². The van der Waals surface area contributed by atoms with Gasteiger partial charge in [-0.1, -0.05) is 0 Å². The summed E-state index contributed by atoms with van der Waals surface area (Å²) >= 11 is 0. The number of esters is 1. The lowest BCUT2D eigenvalue weighted by Gasteiger charge is -2.25. The summed E-state index contributed by atoms with van der Waals surface area (Å²) in [5.74, 6) is -2.89. The number of methoxy groups -OCH3 is 1. The molecule has 106 valence electrons. The number of hydrogen-bond donors (Lipinski definition) is 3. The molecule has 18 heavy (non-hydrogen) atoms. The van der Waals surface area contributed by atoms with Crippen molar-refractivity contribution in [3.8, 4) is 0 Å². The van der Waals surface area contributed by atoms with Gasteiger partial charge in [-0.25, -0.2) is 0 Å². The van der Waals surface area contributed by atoms with Crippen LogP contribution in [0, 0.1) is 0 Å². The van der Waals surface area contributed by atoms with Crippen molar-refractivity contribution in [2.24, 2.45) is 0 Å². The highest BCUT2D eigenvalue weighted by atomic mass is 16.8. The normalized spacial score (nSPS) is 35.7. The number of carbonyl (C=O) groups is 1. The topological polar surface area (TPSA) is 115 Å². The van der Waals surface area contributed by atoms with Gasteiger partial charge in [-0.05, 0) is 0 Å². The van der Waals surface area contributed by atoms with E-state index in [2.05, 4.69) is 4.74 Å². The second kappa shape index (κ2) is 6.41. The van der Waals surface area contributed by atoms with Gasteiger partial charge in [-0.2, -0.15) is 0 Å². The average Bonchev–Trinajstić information content (AvgIpc) is 2.52. The Morgan fingerprint density at radius 1 is 1.39 bits per heavy atom. The first-order valence-electron chi connectivity index (χ1n) is 5.43. The zero-order valence-electron chi connectivity index (χ0n) is 10.2. The molecule has 3 N–H and O–H groups in total. The quantitative estimate of drug-likeness (QED) is 0.287. The fourth-order valence-electron chi connectivity index (χ4n) is 1.50. The van der Waals surface area contributed by atoms with Gasteiger partial charge in [0, 0.05) is 14.0 Å². The van der Waals surface area contributed by atoms with Crippen LogP contribution in [0.5, 0.6) is 0 Å². The molecule has 0 aromatic heterocycles. The minimum atomic E-state index is -2.33. The van der Waals surface area contributed by atoms with E-state index >= 15 is 0 Å². The molecule has 0 amide bonds. The van der Waals surface area contributed by atoms with Crippen LogP contribution in [0.3, 0.4) is 0 Å². The SMILES string of the molecule is COCCOC1(O)O[C@H](COC(C)=O)[C@H](O)[C@H]1O. The Bertz CT molecular complexity index is 283. The van der Waals surface area contributed by atoms with Gasteiger partial charge < -0.3 is 34.3 Å². The van der Waals surface area contributed by atoms with Crippen molar-refractivity contribution in [1.29, 1.82) is 0 Å². The molecule has 8 nitrogen and oxygen atoms in total. The fraction of sp³-hybridized carbons (Fsp3) is 0.900. The summed E-state index contributed by atoms with van der Waals surface area (Å²) in [7, 11) is 1.44. The average molecular weight is 266 g/mol. The summed E-state index contributed by atoms with van der Waals surface area (Å²) in [4.78, 5) is 10.6. The Kier molecular flexibility index (Phi) is 5.45. The minimum Gasteiger partial charge on any atom is -0.463 e. The molecule has 0 radical (unpaired) electrons. The van der Waals surface area contributed by atoms with Crippen molar-refractivity contribution in [1.82, 2.24) is 0 Å². The Labute approximate surface area is 104 Å². The molecule has 1 fully saturated rings. The second-order valence-electron chi connectivity index (χ2n) is 3.87. The van der Waals surface area contributed by atoms with Gasteiger partial charge >= 0.3 is 11.9 Å². The molecule has 1 saturated heterocycles. The molecule has 1 heterocycles. The van der Waals surface area contributed by atoms with Crippen molar-refractivity contribution in [2.75, 3.05) is 26.9 Å². The molecule has 0 aliphatic carbocycles. The first kappa shape index (κ1) is 15.3. The van der Waals surface area contributed by atoms with Crippen LogP contribution in [-0.2, 0) is 23.7 Å². The number of rotatable bonds is 6. The Hall–Kier alpha value is -0.770. The molecule has 0 saturated carbocycles. The van der Waals surface area contributed by atoms with Gasteiger partial charge in [-0.15, -0.1) is 0 Å². The van der Waals surface area contributed by atoms with E-state index in [4.69, 9.17) is 14.2 Å². The van der Waals surface area contributed by atoms with Gasteiger partial charge in [0.15, 0.2) is 6.10 Å². The summed E-state index contributed by atoms with van der Waals surface area (Å²) in [6.45, 7) is 1.06. The first-order chi connectivity index (χ1) is 8.40. The van der Waals surface area contributed by atoms with Crippen molar-refractivity contribution >= 4 is 5.97 Å². The molecular weight excluding hydrogens is 248 g/mol. The number of ether oxygens (including phenoxy) is 4. The van der Waals surface area contributed by atoms with E-state index in [1.807, 2.05) is 0 Å². The standard InChI is InChI=1S/C10H18O8/c1-6(11)16-5-7-8(12)9(13)10(14,18-7)17-4-3-15-2/h7-9,12-14H,3-5H2,1-2H3/t7-,8+,9-,10?/m1/s1. The Balaban J connectivity index is 2.53. The molecule has 0 aromatic carbocycles. The fourth-order valence-corrected chi connectivity index (χ4v) is 1.50. The van der Waals surface area contributed by atoms with Crippen LogP contribution in [-0.4, -0.2) is 72.5 Å². The van der Waals surface area contributed by atoms with Crippen LogP contribution >= 0.6 is 0 Å². The molecule has 4 atom stereocenters. The van der Waals surface area contributed by atoms with E-state index in [0.717, 1.165) is 0 Å². The van der Waals surface area contributed by atoms with E-state index in [1.54, 1.807) is 0 Å². The van der Waals surface area contributed by atoms with Gasteiger partial charge in [0.1, 0.15) is 18.8 Å². The van der Waals surface area contributed by atoms with Crippen molar-refractivity contribution in [2.45, 2.75) is 31.2 Å². The van der Waals surface area contributed by atoms with E-state index in [9.17, 15) is 20.1 Å². The number of aliphatic hydroxyl groups is 3. The third kappa shape index (κ3) is 3.61. The lowest BCUT2D eigenvalue weighted by atomic mass is 10.1.